The minimum Gasteiger partial charge on any atom is -0.369 e. The number of ether oxygens (including phenoxy) is 1. The van der Waals surface area contributed by atoms with E-state index in [2.05, 4.69) is 6.08 Å². The summed E-state index contributed by atoms with van der Waals surface area (Å²) in [6.45, 7) is 0. The third kappa shape index (κ3) is 0.664. The lowest BCUT2D eigenvalue weighted by molar-refractivity contribution is 0.376. The molecule has 0 saturated carbocycles. The van der Waals surface area contributed by atoms with Crippen molar-refractivity contribution in [3.8, 4) is 0 Å². The van der Waals surface area contributed by atoms with Crippen LogP contribution in [0.2, 0.25) is 0 Å². The van der Waals surface area contributed by atoms with Crippen molar-refractivity contribution in [2.24, 2.45) is 0 Å². The molecule has 0 aromatic heterocycles. The molecular weight excluding hydrogens is 124 g/mol. The molecule has 8 heavy (non-hydrogen) atoms. The number of epoxide rings is 1. The maximum Gasteiger partial charge on any atom is 0.0893 e. The van der Waals surface area contributed by atoms with Gasteiger partial charge in [-0.2, -0.15) is 0 Å². The van der Waals surface area contributed by atoms with Crippen molar-refractivity contribution in [3.63, 3.8) is 0 Å². The minimum absolute atomic E-state index is 0.479. The molecule has 2 heteroatoms. The molecule has 0 aromatic carbocycles. The summed E-state index contributed by atoms with van der Waals surface area (Å²) in [6.07, 6.45) is 5.04. The van der Waals surface area contributed by atoms with E-state index in [0.717, 1.165) is 17.9 Å². The van der Waals surface area contributed by atoms with E-state index in [1.165, 1.54) is 0 Å². The predicted octanol–water partition coefficient (Wildman–Crippen LogP) is 1.67. The van der Waals surface area contributed by atoms with Crippen molar-refractivity contribution in [1.29, 1.82) is 0 Å². The average Bonchev–Trinajstić information content (AvgIpc) is 2.43. The van der Waals surface area contributed by atoms with Crippen LogP contribution in [0.1, 0.15) is 12.8 Å². The molecular formula is C6H7ClO. The van der Waals surface area contributed by atoms with Gasteiger partial charge < -0.3 is 4.74 Å². The van der Waals surface area contributed by atoms with Gasteiger partial charge in [0.05, 0.1) is 12.2 Å². The fourth-order valence-electron chi connectivity index (χ4n) is 1.09. The van der Waals surface area contributed by atoms with Gasteiger partial charge in [-0.15, -0.1) is 0 Å². The highest BCUT2D eigenvalue weighted by atomic mass is 35.5. The Morgan fingerprint density at radius 3 is 3.12 bits per heavy atom. The summed E-state index contributed by atoms with van der Waals surface area (Å²) in [5, 5.41) is 0.976. The van der Waals surface area contributed by atoms with Gasteiger partial charge in [-0.3, -0.25) is 0 Å². The molecule has 0 bridgehead atoms. The van der Waals surface area contributed by atoms with Crippen molar-refractivity contribution in [2.75, 3.05) is 0 Å². The molecule has 0 aromatic rings. The standard InChI is InChI=1S/C6H7ClO/c7-4-1-2-5-6(3-4)8-5/h1,5-6H,2-3H2. The Kier molecular flexibility index (Phi) is 0.897. The van der Waals surface area contributed by atoms with Crippen LogP contribution in [0.5, 0.6) is 0 Å². The zero-order chi connectivity index (χ0) is 5.56. The van der Waals surface area contributed by atoms with Crippen LogP contribution in [0, 0.1) is 0 Å². The van der Waals surface area contributed by atoms with E-state index in [0.29, 0.717) is 12.2 Å². The summed E-state index contributed by atoms with van der Waals surface area (Å²) in [5.41, 5.74) is 0. The lowest BCUT2D eigenvalue weighted by Crippen LogP contribution is -1.97. The van der Waals surface area contributed by atoms with Crippen LogP contribution in [0.25, 0.3) is 0 Å². The highest BCUT2D eigenvalue weighted by molar-refractivity contribution is 6.29. The molecule has 1 nitrogen and oxygen atoms in total. The van der Waals surface area contributed by atoms with E-state index in [9.17, 15) is 0 Å². The highest BCUT2D eigenvalue weighted by Crippen LogP contribution is 2.36. The van der Waals surface area contributed by atoms with Crippen LogP contribution >= 0.6 is 11.6 Å². The molecule has 44 valence electrons. The quantitative estimate of drug-likeness (QED) is 0.455. The van der Waals surface area contributed by atoms with Gasteiger partial charge >= 0.3 is 0 Å². The molecule has 1 aliphatic carbocycles. The van der Waals surface area contributed by atoms with Gasteiger partial charge in [0.1, 0.15) is 0 Å². The van der Waals surface area contributed by atoms with Gasteiger partial charge in [-0.1, -0.05) is 17.7 Å². The molecule has 1 heterocycles. The van der Waals surface area contributed by atoms with Crippen molar-refractivity contribution >= 4 is 11.6 Å². The van der Waals surface area contributed by atoms with Gasteiger partial charge in [-0.05, 0) is 6.42 Å². The Labute approximate surface area is 53.3 Å². The van der Waals surface area contributed by atoms with E-state index >= 15 is 0 Å². The smallest absolute Gasteiger partial charge is 0.0893 e. The molecule has 1 fully saturated rings. The number of hydrogen-bond acceptors (Lipinski definition) is 1. The van der Waals surface area contributed by atoms with E-state index < -0.39 is 0 Å². The molecule has 2 unspecified atom stereocenters. The minimum atomic E-state index is 0.479. The Morgan fingerprint density at radius 1 is 1.62 bits per heavy atom. The molecule has 0 amide bonds. The largest absolute Gasteiger partial charge is 0.369 e. The zero-order valence-electron chi connectivity index (χ0n) is 4.43. The second-order valence-corrected chi connectivity index (χ2v) is 2.79. The maximum atomic E-state index is 5.72. The Bertz CT molecular complexity index is 141. The third-order valence-corrected chi connectivity index (χ3v) is 1.96. The van der Waals surface area contributed by atoms with Crippen molar-refractivity contribution in [1.82, 2.24) is 0 Å². The second kappa shape index (κ2) is 1.49. The molecule has 0 N–H and O–H groups in total. The lowest BCUT2D eigenvalue weighted by atomic mass is 10.1. The Morgan fingerprint density at radius 2 is 2.50 bits per heavy atom. The first-order valence-electron chi connectivity index (χ1n) is 2.86. The summed E-state index contributed by atoms with van der Waals surface area (Å²) < 4.78 is 5.21. The van der Waals surface area contributed by atoms with Crippen LogP contribution in [0.3, 0.4) is 0 Å². The maximum absolute atomic E-state index is 5.72. The SMILES string of the molecule is ClC1=CCC2OC2C1. The monoisotopic (exact) mass is 130 g/mol. The van der Waals surface area contributed by atoms with Crippen LogP contribution in [-0.2, 0) is 4.74 Å². The number of rotatable bonds is 0. The van der Waals surface area contributed by atoms with Crippen molar-refractivity contribution in [2.45, 2.75) is 25.0 Å². The molecule has 1 aliphatic heterocycles. The van der Waals surface area contributed by atoms with Crippen LogP contribution < -0.4 is 0 Å². The summed E-state index contributed by atoms with van der Waals surface area (Å²) in [4.78, 5) is 0. The van der Waals surface area contributed by atoms with E-state index in [1.54, 1.807) is 0 Å². The molecule has 1 saturated heterocycles. The van der Waals surface area contributed by atoms with Gasteiger partial charge in [0, 0.05) is 11.5 Å². The first kappa shape index (κ1) is 4.83. The summed E-state index contributed by atoms with van der Waals surface area (Å²) >= 11 is 5.72. The van der Waals surface area contributed by atoms with Crippen LogP contribution in [0.15, 0.2) is 11.1 Å². The van der Waals surface area contributed by atoms with Crippen molar-refractivity contribution in [3.05, 3.63) is 11.1 Å². The molecule has 0 spiro atoms. The average molecular weight is 131 g/mol. The van der Waals surface area contributed by atoms with Crippen molar-refractivity contribution < 1.29 is 4.74 Å². The number of hydrogen-bond donors (Lipinski definition) is 0. The fraction of sp³-hybridized carbons (Fsp3) is 0.667. The summed E-state index contributed by atoms with van der Waals surface area (Å²) in [6, 6.07) is 0. The second-order valence-electron chi connectivity index (χ2n) is 2.30. The highest BCUT2D eigenvalue weighted by Gasteiger charge is 2.40. The number of fused-ring (bicyclic) bond motifs is 1. The predicted molar refractivity (Wildman–Crippen MR) is 31.8 cm³/mol. The van der Waals surface area contributed by atoms with Gasteiger partial charge in [0.2, 0.25) is 0 Å². The first-order chi connectivity index (χ1) is 3.86. The first-order valence-corrected chi connectivity index (χ1v) is 3.24. The van der Waals surface area contributed by atoms with Crippen LogP contribution in [-0.4, -0.2) is 12.2 Å². The zero-order valence-corrected chi connectivity index (χ0v) is 5.19. The van der Waals surface area contributed by atoms with Gasteiger partial charge in [0.15, 0.2) is 0 Å². The summed E-state index contributed by atoms with van der Waals surface area (Å²) in [7, 11) is 0. The lowest BCUT2D eigenvalue weighted by Gasteiger charge is -1.98. The van der Waals surface area contributed by atoms with Gasteiger partial charge in [0.25, 0.3) is 0 Å². The molecule has 0 radical (unpaired) electrons. The third-order valence-electron chi connectivity index (χ3n) is 1.66. The summed E-state index contributed by atoms with van der Waals surface area (Å²) in [5.74, 6) is 0. The molecule has 2 rings (SSSR count). The number of halogens is 1. The Balaban J connectivity index is 2.10. The van der Waals surface area contributed by atoms with Gasteiger partial charge in [-0.25, -0.2) is 0 Å². The normalized spacial score (nSPS) is 42.9. The topological polar surface area (TPSA) is 12.5 Å². The van der Waals surface area contributed by atoms with E-state index in [1.807, 2.05) is 0 Å². The van der Waals surface area contributed by atoms with Crippen LogP contribution in [0.4, 0.5) is 0 Å². The molecule has 2 atom stereocenters. The Hall–Kier alpha value is -0.0100. The van der Waals surface area contributed by atoms with E-state index in [4.69, 9.17) is 16.3 Å². The molecule has 2 aliphatic rings. The fourth-order valence-corrected chi connectivity index (χ4v) is 1.33. The van der Waals surface area contributed by atoms with E-state index in [-0.39, 0.29) is 0 Å².